The van der Waals surface area contributed by atoms with Crippen LogP contribution < -0.4 is 5.73 Å². The predicted molar refractivity (Wildman–Crippen MR) is 59.4 cm³/mol. The Morgan fingerprint density at radius 1 is 1.47 bits per heavy atom. The van der Waals surface area contributed by atoms with E-state index in [0.29, 0.717) is 5.82 Å². The first-order chi connectivity index (χ1) is 7.34. The molecule has 2 N–H and O–H groups in total. The number of nitrogen functional groups attached to an aromatic ring is 1. The monoisotopic (exact) mass is 209 g/mol. The van der Waals surface area contributed by atoms with Gasteiger partial charge in [-0.1, -0.05) is 12.8 Å². The summed E-state index contributed by atoms with van der Waals surface area (Å²) in [6.07, 6.45) is 6.98. The van der Waals surface area contributed by atoms with Gasteiger partial charge in [0.2, 0.25) is 0 Å². The molecule has 0 bridgehead atoms. The predicted octanol–water partition coefficient (Wildman–Crippen LogP) is 1.67. The topological polar surface area (TPSA) is 53.1 Å². The summed E-state index contributed by atoms with van der Waals surface area (Å²) < 4.78 is 7.40. The Balaban J connectivity index is 1.47. The lowest BCUT2D eigenvalue weighted by Crippen LogP contribution is -2.04. The largest absolute Gasteiger partial charge is 0.382 e. The average Bonchev–Trinajstić information content (AvgIpc) is 2.95. The number of aromatic nitrogens is 2. The number of rotatable bonds is 7. The molecule has 1 aromatic rings. The van der Waals surface area contributed by atoms with Crippen LogP contribution >= 0.6 is 0 Å². The minimum atomic E-state index is 0.588. The van der Waals surface area contributed by atoms with E-state index < -0.39 is 0 Å². The van der Waals surface area contributed by atoms with Crippen LogP contribution in [-0.4, -0.2) is 23.0 Å². The van der Waals surface area contributed by atoms with Crippen LogP contribution in [0.1, 0.15) is 25.7 Å². The van der Waals surface area contributed by atoms with Gasteiger partial charge in [-0.05, 0) is 24.8 Å². The van der Waals surface area contributed by atoms with Gasteiger partial charge in [-0.15, -0.1) is 0 Å². The van der Waals surface area contributed by atoms with Crippen molar-refractivity contribution in [3.63, 3.8) is 0 Å². The molecular weight excluding hydrogens is 190 g/mol. The molecule has 1 aliphatic rings. The summed E-state index contributed by atoms with van der Waals surface area (Å²) in [5.74, 6) is 1.56. The average molecular weight is 209 g/mol. The lowest BCUT2D eigenvalue weighted by molar-refractivity contribution is 0.122. The molecule has 0 amide bonds. The van der Waals surface area contributed by atoms with Crippen molar-refractivity contribution in [3.05, 3.63) is 12.3 Å². The number of aryl methyl sites for hydroxylation is 1. The fourth-order valence-electron chi connectivity index (χ4n) is 1.59. The summed E-state index contributed by atoms with van der Waals surface area (Å²) in [4.78, 5) is 0. The van der Waals surface area contributed by atoms with E-state index in [4.69, 9.17) is 10.5 Å². The Morgan fingerprint density at radius 2 is 2.33 bits per heavy atom. The van der Waals surface area contributed by atoms with Gasteiger partial charge in [-0.25, -0.2) is 0 Å². The normalized spacial score (nSPS) is 15.7. The summed E-state index contributed by atoms with van der Waals surface area (Å²) in [6.45, 7) is 2.64. The van der Waals surface area contributed by atoms with Crippen molar-refractivity contribution in [2.45, 2.75) is 32.2 Å². The summed E-state index contributed by atoms with van der Waals surface area (Å²) in [5.41, 5.74) is 5.51. The molecule has 0 aliphatic heterocycles. The number of hydrogen-bond acceptors (Lipinski definition) is 3. The second-order valence-corrected chi connectivity index (χ2v) is 4.20. The fourth-order valence-corrected chi connectivity index (χ4v) is 1.59. The van der Waals surface area contributed by atoms with Gasteiger partial charge in [0, 0.05) is 26.0 Å². The molecular formula is C11H19N3O. The second-order valence-electron chi connectivity index (χ2n) is 4.20. The van der Waals surface area contributed by atoms with Crippen LogP contribution in [0, 0.1) is 5.92 Å². The quantitative estimate of drug-likeness (QED) is 0.695. The molecule has 2 rings (SSSR count). The maximum atomic E-state index is 5.54. The molecule has 1 saturated carbocycles. The molecule has 0 radical (unpaired) electrons. The molecule has 1 aromatic heterocycles. The Morgan fingerprint density at radius 3 is 3.00 bits per heavy atom. The number of hydrogen-bond donors (Lipinski definition) is 1. The van der Waals surface area contributed by atoms with Crippen LogP contribution in [0.5, 0.6) is 0 Å². The summed E-state index contributed by atoms with van der Waals surface area (Å²) >= 11 is 0. The van der Waals surface area contributed by atoms with Gasteiger partial charge >= 0.3 is 0 Å². The van der Waals surface area contributed by atoms with Crippen LogP contribution in [0.4, 0.5) is 5.82 Å². The number of nitrogens with zero attached hydrogens (tertiary/aromatic N) is 2. The molecule has 1 heterocycles. The van der Waals surface area contributed by atoms with Crippen LogP contribution in [0.15, 0.2) is 12.3 Å². The summed E-state index contributed by atoms with van der Waals surface area (Å²) in [6, 6.07) is 1.81. The van der Waals surface area contributed by atoms with E-state index in [1.807, 2.05) is 16.9 Å². The van der Waals surface area contributed by atoms with E-state index in [2.05, 4.69) is 5.10 Å². The van der Waals surface area contributed by atoms with E-state index >= 15 is 0 Å². The third-order valence-corrected chi connectivity index (χ3v) is 2.70. The van der Waals surface area contributed by atoms with Gasteiger partial charge in [0.1, 0.15) is 5.82 Å². The lowest BCUT2D eigenvalue weighted by atomic mass is 10.3. The SMILES string of the molecule is Nc1ccn(CCCOCCC2CC2)n1. The molecule has 84 valence electrons. The van der Waals surface area contributed by atoms with Crippen molar-refractivity contribution in [3.8, 4) is 0 Å². The first-order valence-electron chi connectivity index (χ1n) is 5.71. The molecule has 1 fully saturated rings. The van der Waals surface area contributed by atoms with Crippen LogP contribution in [-0.2, 0) is 11.3 Å². The fraction of sp³-hybridized carbons (Fsp3) is 0.727. The molecule has 0 aromatic carbocycles. The summed E-state index contributed by atoms with van der Waals surface area (Å²) in [7, 11) is 0. The van der Waals surface area contributed by atoms with Gasteiger partial charge in [-0.2, -0.15) is 5.10 Å². The third kappa shape index (κ3) is 3.91. The van der Waals surface area contributed by atoms with Gasteiger partial charge in [0.25, 0.3) is 0 Å². The van der Waals surface area contributed by atoms with E-state index in [1.165, 1.54) is 19.3 Å². The number of anilines is 1. The Hall–Kier alpha value is -1.03. The minimum Gasteiger partial charge on any atom is -0.382 e. The molecule has 4 heteroatoms. The highest BCUT2D eigenvalue weighted by Gasteiger charge is 2.20. The highest BCUT2D eigenvalue weighted by atomic mass is 16.5. The van der Waals surface area contributed by atoms with Crippen molar-refractivity contribution in [2.75, 3.05) is 18.9 Å². The first kappa shape index (κ1) is 10.5. The van der Waals surface area contributed by atoms with Crippen LogP contribution in [0.2, 0.25) is 0 Å². The van der Waals surface area contributed by atoms with Gasteiger partial charge in [0.15, 0.2) is 0 Å². The van der Waals surface area contributed by atoms with Crippen molar-refractivity contribution in [1.82, 2.24) is 9.78 Å². The smallest absolute Gasteiger partial charge is 0.145 e. The maximum Gasteiger partial charge on any atom is 0.145 e. The molecule has 0 atom stereocenters. The zero-order valence-corrected chi connectivity index (χ0v) is 9.06. The van der Waals surface area contributed by atoms with Crippen molar-refractivity contribution in [2.24, 2.45) is 5.92 Å². The molecule has 15 heavy (non-hydrogen) atoms. The van der Waals surface area contributed by atoms with E-state index in [0.717, 1.165) is 32.1 Å². The molecule has 0 unspecified atom stereocenters. The zero-order chi connectivity index (χ0) is 10.5. The van der Waals surface area contributed by atoms with Gasteiger partial charge < -0.3 is 10.5 Å². The maximum absolute atomic E-state index is 5.54. The van der Waals surface area contributed by atoms with Crippen molar-refractivity contribution < 1.29 is 4.74 Å². The number of nitrogens with two attached hydrogens (primary N) is 1. The van der Waals surface area contributed by atoms with Crippen molar-refractivity contribution in [1.29, 1.82) is 0 Å². The Labute approximate surface area is 90.4 Å². The molecule has 0 spiro atoms. The second kappa shape index (κ2) is 5.16. The Bertz CT molecular complexity index is 294. The molecule has 1 aliphatic carbocycles. The highest BCUT2D eigenvalue weighted by Crippen LogP contribution is 2.32. The standard InChI is InChI=1S/C11H19N3O/c12-11-4-7-14(13-11)6-1-8-15-9-5-10-2-3-10/h4,7,10H,1-3,5-6,8-9H2,(H2,12,13). The lowest BCUT2D eigenvalue weighted by Gasteiger charge is -2.03. The van der Waals surface area contributed by atoms with E-state index in [9.17, 15) is 0 Å². The van der Waals surface area contributed by atoms with Gasteiger partial charge in [0.05, 0.1) is 0 Å². The summed E-state index contributed by atoms with van der Waals surface area (Å²) in [5, 5.41) is 4.11. The van der Waals surface area contributed by atoms with E-state index in [1.54, 1.807) is 0 Å². The third-order valence-electron chi connectivity index (χ3n) is 2.70. The number of ether oxygens (including phenoxy) is 1. The minimum absolute atomic E-state index is 0.588. The highest BCUT2D eigenvalue weighted by molar-refractivity contribution is 5.23. The van der Waals surface area contributed by atoms with Crippen LogP contribution in [0.3, 0.4) is 0 Å². The first-order valence-corrected chi connectivity index (χ1v) is 5.71. The van der Waals surface area contributed by atoms with Crippen molar-refractivity contribution >= 4 is 5.82 Å². The Kier molecular flexibility index (Phi) is 3.61. The molecule has 0 saturated heterocycles. The zero-order valence-electron chi connectivity index (χ0n) is 9.06. The van der Waals surface area contributed by atoms with Crippen LogP contribution in [0.25, 0.3) is 0 Å². The van der Waals surface area contributed by atoms with E-state index in [-0.39, 0.29) is 0 Å². The van der Waals surface area contributed by atoms with Gasteiger partial charge in [-0.3, -0.25) is 4.68 Å². The molecule has 4 nitrogen and oxygen atoms in total.